The van der Waals surface area contributed by atoms with Crippen LogP contribution in [0.3, 0.4) is 0 Å². The van der Waals surface area contributed by atoms with E-state index < -0.39 is 29.5 Å². The molecule has 0 saturated carbocycles. The third-order valence-electron chi connectivity index (χ3n) is 6.65. The lowest BCUT2D eigenvalue weighted by Gasteiger charge is -2.30. The van der Waals surface area contributed by atoms with E-state index in [4.69, 9.17) is 21.1 Å². The van der Waals surface area contributed by atoms with Crippen LogP contribution in [-0.4, -0.2) is 74.0 Å². The fourth-order valence-corrected chi connectivity index (χ4v) is 5.04. The zero-order valence-electron chi connectivity index (χ0n) is 19.9. The number of nitrogens with zero attached hydrogens (tertiary/aromatic N) is 1. The second-order valence-electron chi connectivity index (χ2n) is 8.76. The zero-order valence-corrected chi connectivity index (χ0v) is 20.7. The molecule has 0 radical (unpaired) electrons. The number of aromatic amines is 1. The summed E-state index contributed by atoms with van der Waals surface area (Å²) in [7, 11) is 1.25. The lowest BCUT2D eigenvalue weighted by atomic mass is 9.94. The van der Waals surface area contributed by atoms with Crippen molar-refractivity contribution in [1.29, 1.82) is 0 Å². The van der Waals surface area contributed by atoms with Gasteiger partial charge in [0.15, 0.2) is 0 Å². The Labute approximate surface area is 208 Å². The third-order valence-corrected chi connectivity index (χ3v) is 6.89. The maximum absolute atomic E-state index is 13.8. The number of Topliss-reactive ketones (excluding diaryl/α,β-unsaturated/α-hetero) is 1. The lowest BCUT2D eigenvalue weighted by molar-refractivity contribution is -0.907. The molecule has 10 heteroatoms. The number of rotatable bonds is 6. The fourth-order valence-electron chi connectivity index (χ4n) is 4.84. The highest BCUT2D eigenvalue weighted by Crippen LogP contribution is 2.40. The Hall–Kier alpha value is -3.14. The molecule has 0 spiro atoms. The molecule has 1 amide bonds. The summed E-state index contributed by atoms with van der Waals surface area (Å²) in [5.74, 6) is -2.76. The highest BCUT2D eigenvalue weighted by molar-refractivity contribution is 6.46. The minimum absolute atomic E-state index is 0.137. The van der Waals surface area contributed by atoms with Crippen LogP contribution in [0.1, 0.15) is 38.9 Å². The Morgan fingerprint density at radius 2 is 2.00 bits per heavy atom. The summed E-state index contributed by atoms with van der Waals surface area (Å²) in [6, 6.07) is 5.95. The van der Waals surface area contributed by atoms with Crippen LogP contribution >= 0.6 is 11.6 Å². The van der Waals surface area contributed by atoms with E-state index >= 15 is 0 Å². The Balaban J connectivity index is 1.80. The molecular formula is C25H28ClN3O6. The summed E-state index contributed by atoms with van der Waals surface area (Å²) in [6.45, 7) is 7.08. The van der Waals surface area contributed by atoms with Crippen molar-refractivity contribution in [2.24, 2.45) is 0 Å². The maximum Gasteiger partial charge on any atom is 0.354 e. The van der Waals surface area contributed by atoms with Gasteiger partial charge in [0.25, 0.3) is 5.91 Å². The van der Waals surface area contributed by atoms with E-state index in [0.29, 0.717) is 48.1 Å². The van der Waals surface area contributed by atoms with Gasteiger partial charge >= 0.3 is 5.97 Å². The monoisotopic (exact) mass is 501 g/mol. The average molecular weight is 502 g/mol. The minimum atomic E-state index is -0.878. The third kappa shape index (κ3) is 4.71. The SMILES string of the molecule is COC(=O)c1[nH]c(C)c(/C([O-])=C2\C(=O)C(=O)N(CC[NH+]3CCOCC3)C2c2cccc(Cl)c2)c1C. The predicted octanol–water partition coefficient (Wildman–Crippen LogP) is 0.211. The van der Waals surface area contributed by atoms with Gasteiger partial charge < -0.3 is 29.4 Å². The van der Waals surface area contributed by atoms with E-state index in [9.17, 15) is 19.5 Å². The number of methoxy groups -OCH3 is 1. The summed E-state index contributed by atoms with van der Waals surface area (Å²) in [5, 5.41) is 14.3. The number of likely N-dealkylation sites (tertiary alicyclic amines) is 1. The number of hydrogen-bond donors (Lipinski definition) is 2. The number of carbonyl (C=O) groups is 3. The minimum Gasteiger partial charge on any atom is -0.872 e. The number of quaternary nitrogens is 1. The zero-order chi connectivity index (χ0) is 25.3. The molecule has 2 saturated heterocycles. The number of ether oxygens (including phenoxy) is 2. The van der Waals surface area contributed by atoms with Crippen LogP contribution in [-0.2, 0) is 19.1 Å². The molecule has 2 aromatic rings. The summed E-state index contributed by atoms with van der Waals surface area (Å²) < 4.78 is 10.2. The number of morpholine rings is 1. The number of ketones is 1. The van der Waals surface area contributed by atoms with Crippen LogP contribution in [0, 0.1) is 13.8 Å². The maximum atomic E-state index is 13.8. The standard InChI is InChI=1S/C25H28ClN3O6/c1-14-18(15(2)27-20(14)25(33)34-3)22(30)19-21(16-5-4-6-17(26)13-16)29(24(32)23(19)31)8-7-28-9-11-35-12-10-28/h4-6,13,21,27,30H,7-12H2,1-3H3/b22-19+. The van der Waals surface area contributed by atoms with Gasteiger partial charge in [-0.1, -0.05) is 29.5 Å². The number of esters is 1. The largest absolute Gasteiger partial charge is 0.872 e. The van der Waals surface area contributed by atoms with Crippen LogP contribution in [0.2, 0.25) is 5.02 Å². The van der Waals surface area contributed by atoms with E-state index in [-0.39, 0.29) is 16.8 Å². The summed E-state index contributed by atoms with van der Waals surface area (Å²) >= 11 is 6.23. The van der Waals surface area contributed by atoms with Crippen LogP contribution in [0.25, 0.3) is 5.76 Å². The Morgan fingerprint density at radius 1 is 1.29 bits per heavy atom. The van der Waals surface area contributed by atoms with Crippen LogP contribution in [0.4, 0.5) is 0 Å². The van der Waals surface area contributed by atoms with Crippen molar-refractivity contribution in [3.8, 4) is 0 Å². The number of amides is 1. The van der Waals surface area contributed by atoms with Gasteiger partial charge in [-0.25, -0.2) is 4.79 Å². The number of H-pyrrole nitrogens is 1. The van der Waals surface area contributed by atoms with Crippen LogP contribution in [0.5, 0.6) is 0 Å². The first-order chi connectivity index (χ1) is 16.7. The number of aromatic nitrogens is 1. The van der Waals surface area contributed by atoms with E-state index in [1.54, 1.807) is 38.1 Å². The average Bonchev–Trinajstić information content (AvgIpc) is 3.29. The van der Waals surface area contributed by atoms with Crippen molar-refractivity contribution in [3.63, 3.8) is 0 Å². The second-order valence-corrected chi connectivity index (χ2v) is 9.19. The summed E-state index contributed by atoms with van der Waals surface area (Å²) in [6.07, 6.45) is 0. The second kappa shape index (κ2) is 10.2. The summed E-state index contributed by atoms with van der Waals surface area (Å²) in [4.78, 5) is 44.2. The molecule has 1 unspecified atom stereocenters. The molecule has 35 heavy (non-hydrogen) atoms. The molecule has 1 aromatic carbocycles. The Morgan fingerprint density at radius 3 is 2.66 bits per heavy atom. The smallest absolute Gasteiger partial charge is 0.354 e. The summed E-state index contributed by atoms with van der Waals surface area (Å²) in [5.41, 5.74) is 1.55. The van der Waals surface area contributed by atoms with Crippen LogP contribution < -0.4 is 10.0 Å². The van der Waals surface area contributed by atoms with Crippen molar-refractivity contribution in [2.75, 3.05) is 46.5 Å². The van der Waals surface area contributed by atoms with E-state index in [2.05, 4.69) is 4.98 Å². The molecule has 0 aliphatic carbocycles. The number of halogens is 1. The molecule has 4 rings (SSSR count). The van der Waals surface area contributed by atoms with E-state index in [1.807, 2.05) is 0 Å². The van der Waals surface area contributed by atoms with Gasteiger partial charge in [0, 0.05) is 16.3 Å². The molecular weight excluding hydrogens is 474 g/mol. The number of carbonyl (C=O) groups excluding carboxylic acids is 3. The molecule has 1 aromatic heterocycles. The van der Waals surface area contributed by atoms with Crippen molar-refractivity contribution in [3.05, 3.63) is 62.9 Å². The van der Waals surface area contributed by atoms with Crippen LogP contribution in [0.15, 0.2) is 29.8 Å². The van der Waals surface area contributed by atoms with Crippen molar-refractivity contribution >= 4 is 35.0 Å². The van der Waals surface area contributed by atoms with Gasteiger partial charge in [-0.05, 0) is 42.7 Å². The van der Waals surface area contributed by atoms with E-state index in [0.717, 1.165) is 13.1 Å². The first-order valence-corrected chi connectivity index (χ1v) is 11.8. The molecule has 2 aliphatic heterocycles. The van der Waals surface area contributed by atoms with Crippen molar-refractivity contribution in [2.45, 2.75) is 19.9 Å². The lowest BCUT2D eigenvalue weighted by Crippen LogP contribution is -3.14. The van der Waals surface area contributed by atoms with E-state index in [1.165, 1.54) is 16.9 Å². The quantitative estimate of drug-likeness (QED) is 0.253. The van der Waals surface area contributed by atoms with Gasteiger partial charge in [0.1, 0.15) is 18.8 Å². The fraction of sp³-hybridized carbons (Fsp3) is 0.400. The Bertz CT molecular complexity index is 1200. The first kappa shape index (κ1) is 25.0. The molecule has 2 N–H and O–H groups in total. The van der Waals surface area contributed by atoms with Gasteiger partial charge in [-0.2, -0.15) is 0 Å². The number of nitrogens with one attached hydrogen (secondary N) is 2. The molecule has 186 valence electrons. The molecule has 0 bridgehead atoms. The first-order valence-electron chi connectivity index (χ1n) is 11.5. The predicted molar refractivity (Wildman–Crippen MR) is 126 cm³/mol. The molecule has 1 atom stereocenters. The normalized spacial score (nSPS) is 20.5. The topological polar surface area (TPSA) is 116 Å². The highest BCUT2D eigenvalue weighted by atomic mass is 35.5. The van der Waals surface area contributed by atoms with Gasteiger partial charge in [-0.15, -0.1) is 0 Å². The molecule has 3 heterocycles. The molecule has 2 aliphatic rings. The van der Waals surface area contributed by atoms with Gasteiger partial charge in [0.2, 0.25) is 5.78 Å². The number of hydrogen-bond acceptors (Lipinski definition) is 6. The van der Waals surface area contributed by atoms with Gasteiger partial charge in [0.05, 0.1) is 39.5 Å². The van der Waals surface area contributed by atoms with Gasteiger partial charge in [-0.3, -0.25) is 9.59 Å². The number of aryl methyl sites for hydroxylation is 1. The number of benzene rings is 1. The van der Waals surface area contributed by atoms with Crippen molar-refractivity contribution < 1.29 is 33.9 Å². The highest BCUT2D eigenvalue weighted by Gasteiger charge is 2.45. The van der Waals surface area contributed by atoms with Crippen molar-refractivity contribution in [1.82, 2.24) is 9.88 Å². The molecule has 2 fully saturated rings. The molecule has 9 nitrogen and oxygen atoms in total. The Kier molecular flexibility index (Phi) is 7.30.